The molecule has 2 aliphatic heterocycles. The number of aromatic nitrogens is 2. The van der Waals surface area contributed by atoms with E-state index in [-0.39, 0.29) is 17.5 Å². The Morgan fingerprint density at radius 3 is 2.28 bits per heavy atom. The molecule has 1 fully saturated rings. The standard InChI is InChI=1S/C25H24Cl2N4O/c1-16-22(32)15-28-31-24(16)17(2)29-11-3-4-12-30(29)25(31)23(18-7-5-9-20(26)13-18)19-8-6-10-21(27)14-19/h5-10,13-15,23,25H,2-4,11-12H2,1H3. The third-order valence-electron chi connectivity index (χ3n) is 6.43. The second-order valence-corrected chi connectivity index (χ2v) is 9.24. The maximum absolute atomic E-state index is 12.5. The first kappa shape index (κ1) is 21.3. The number of hydrazine groups is 1. The summed E-state index contributed by atoms with van der Waals surface area (Å²) in [7, 11) is 0. The summed E-state index contributed by atoms with van der Waals surface area (Å²) in [6.07, 6.45) is 3.36. The first-order valence-electron chi connectivity index (χ1n) is 10.8. The molecule has 0 saturated carbocycles. The van der Waals surface area contributed by atoms with Gasteiger partial charge in [0.15, 0.2) is 0 Å². The van der Waals surface area contributed by atoms with Crippen molar-refractivity contribution in [2.24, 2.45) is 0 Å². The zero-order valence-corrected chi connectivity index (χ0v) is 19.4. The van der Waals surface area contributed by atoms with Gasteiger partial charge >= 0.3 is 0 Å². The van der Waals surface area contributed by atoms with E-state index in [1.165, 1.54) is 6.20 Å². The molecule has 2 aliphatic rings. The summed E-state index contributed by atoms with van der Waals surface area (Å²) >= 11 is 12.9. The number of fused-ring (bicyclic) bond motifs is 2. The minimum absolute atomic E-state index is 0.0799. The molecular weight excluding hydrogens is 443 g/mol. The van der Waals surface area contributed by atoms with Crippen LogP contribution in [0.1, 0.15) is 47.3 Å². The molecule has 3 heterocycles. The summed E-state index contributed by atoms with van der Waals surface area (Å²) in [5.41, 5.74) is 4.31. The maximum atomic E-state index is 12.5. The van der Waals surface area contributed by atoms with E-state index < -0.39 is 0 Å². The van der Waals surface area contributed by atoms with E-state index in [1.807, 2.05) is 48.0 Å². The highest BCUT2D eigenvalue weighted by Crippen LogP contribution is 2.45. The highest BCUT2D eigenvalue weighted by molar-refractivity contribution is 6.31. The van der Waals surface area contributed by atoms with Gasteiger partial charge in [0.2, 0.25) is 5.43 Å². The second kappa shape index (κ2) is 8.39. The van der Waals surface area contributed by atoms with Crippen molar-refractivity contribution in [3.8, 4) is 0 Å². The van der Waals surface area contributed by atoms with Gasteiger partial charge in [0.1, 0.15) is 6.17 Å². The SMILES string of the molecule is C=C1c2c(C)c(=O)cnn2C(C(c2cccc(Cl)c2)c2cccc(Cl)c2)N2CCCCN12. The van der Waals surface area contributed by atoms with E-state index in [0.29, 0.717) is 15.6 Å². The minimum Gasteiger partial charge on any atom is -0.302 e. The normalized spacial score (nSPS) is 18.6. The van der Waals surface area contributed by atoms with Gasteiger partial charge in [-0.1, -0.05) is 54.0 Å². The molecule has 5 nitrogen and oxygen atoms in total. The number of hydrogen-bond donors (Lipinski definition) is 0. The topological polar surface area (TPSA) is 41.4 Å². The predicted molar refractivity (Wildman–Crippen MR) is 129 cm³/mol. The third kappa shape index (κ3) is 3.54. The molecule has 1 atom stereocenters. The molecule has 3 aromatic rings. The molecule has 1 saturated heterocycles. The Morgan fingerprint density at radius 1 is 1.03 bits per heavy atom. The molecule has 0 amide bonds. The summed E-state index contributed by atoms with van der Waals surface area (Å²) in [5, 5.41) is 10.5. The van der Waals surface area contributed by atoms with Crippen LogP contribution in [-0.4, -0.2) is 32.9 Å². The predicted octanol–water partition coefficient (Wildman–Crippen LogP) is 5.49. The van der Waals surface area contributed by atoms with Crippen molar-refractivity contribution in [2.45, 2.75) is 31.8 Å². The van der Waals surface area contributed by atoms with E-state index in [9.17, 15) is 4.79 Å². The van der Waals surface area contributed by atoms with E-state index in [1.54, 1.807) is 0 Å². The van der Waals surface area contributed by atoms with E-state index in [4.69, 9.17) is 23.2 Å². The highest BCUT2D eigenvalue weighted by atomic mass is 35.5. The number of nitrogens with zero attached hydrogens (tertiary/aromatic N) is 4. The van der Waals surface area contributed by atoms with Crippen molar-refractivity contribution in [3.05, 3.63) is 104 Å². The lowest BCUT2D eigenvalue weighted by atomic mass is 9.87. The average Bonchev–Trinajstić information content (AvgIpc) is 2.78. The molecule has 0 spiro atoms. The lowest BCUT2D eigenvalue weighted by Gasteiger charge is -2.52. The van der Waals surface area contributed by atoms with Crippen molar-refractivity contribution in [1.29, 1.82) is 0 Å². The molecule has 1 unspecified atom stereocenters. The molecule has 0 radical (unpaired) electrons. The van der Waals surface area contributed by atoms with Crippen molar-refractivity contribution in [1.82, 2.24) is 19.8 Å². The Kier molecular flexibility index (Phi) is 5.58. The molecule has 0 bridgehead atoms. The monoisotopic (exact) mass is 466 g/mol. The molecule has 32 heavy (non-hydrogen) atoms. The Labute approximate surface area is 197 Å². The maximum Gasteiger partial charge on any atom is 0.203 e. The van der Waals surface area contributed by atoms with Crippen LogP contribution >= 0.6 is 23.2 Å². The molecule has 0 N–H and O–H groups in total. The molecule has 0 aliphatic carbocycles. The van der Waals surface area contributed by atoms with Crippen molar-refractivity contribution >= 4 is 28.9 Å². The summed E-state index contributed by atoms with van der Waals surface area (Å²) in [5.74, 6) is -0.116. The summed E-state index contributed by atoms with van der Waals surface area (Å²) in [6, 6.07) is 15.9. The number of benzene rings is 2. The summed E-state index contributed by atoms with van der Waals surface area (Å²) < 4.78 is 1.97. The Hall–Kier alpha value is -2.60. The van der Waals surface area contributed by atoms with Gasteiger partial charge in [0, 0.05) is 34.6 Å². The molecular formula is C25H24Cl2N4O. The van der Waals surface area contributed by atoms with E-state index >= 15 is 0 Å². The van der Waals surface area contributed by atoms with Gasteiger partial charge in [-0.3, -0.25) is 4.79 Å². The van der Waals surface area contributed by atoms with Crippen LogP contribution in [0.4, 0.5) is 0 Å². The van der Waals surface area contributed by atoms with Crippen molar-refractivity contribution in [3.63, 3.8) is 0 Å². The fourth-order valence-corrected chi connectivity index (χ4v) is 5.35. The zero-order valence-electron chi connectivity index (χ0n) is 17.8. The Bertz CT molecular complexity index is 1210. The van der Waals surface area contributed by atoms with Crippen LogP contribution in [0.3, 0.4) is 0 Å². The van der Waals surface area contributed by atoms with Crippen molar-refractivity contribution < 1.29 is 0 Å². The van der Waals surface area contributed by atoms with Gasteiger partial charge in [-0.05, 0) is 55.2 Å². The zero-order chi connectivity index (χ0) is 22.4. The van der Waals surface area contributed by atoms with Gasteiger partial charge in [0.25, 0.3) is 0 Å². The molecule has 2 aromatic carbocycles. The van der Waals surface area contributed by atoms with Gasteiger partial charge in [-0.2, -0.15) is 10.1 Å². The third-order valence-corrected chi connectivity index (χ3v) is 6.90. The van der Waals surface area contributed by atoms with E-state index in [2.05, 4.69) is 33.8 Å². The first-order chi connectivity index (χ1) is 15.5. The van der Waals surface area contributed by atoms with Crippen LogP contribution < -0.4 is 5.43 Å². The molecule has 164 valence electrons. The largest absolute Gasteiger partial charge is 0.302 e. The lowest BCUT2D eigenvalue weighted by Crippen LogP contribution is -2.55. The Balaban J connectivity index is 1.79. The first-order valence-corrected chi connectivity index (χ1v) is 11.5. The van der Waals surface area contributed by atoms with Gasteiger partial charge in [-0.15, -0.1) is 0 Å². The summed E-state index contributed by atoms with van der Waals surface area (Å²) in [6.45, 7) is 7.93. The number of rotatable bonds is 3. The van der Waals surface area contributed by atoms with Crippen LogP contribution in [0.5, 0.6) is 0 Å². The number of halogens is 2. The average molecular weight is 467 g/mol. The smallest absolute Gasteiger partial charge is 0.203 e. The minimum atomic E-state index is -0.202. The fraction of sp³-hybridized carbons (Fsp3) is 0.280. The van der Waals surface area contributed by atoms with Gasteiger partial charge in [-0.25, -0.2) is 4.68 Å². The lowest BCUT2D eigenvalue weighted by molar-refractivity contribution is -0.0872. The quantitative estimate of drug-likeness (QED) is 0.511. The summed E-state index contributed by atoms with van der Waals surface area (Å²) in [4.78, 5) is 12.5. The van der Waals surface area contributed by atoms with Crippen LogP contribution in [0, 0.1) is 6.92 Å². The second-order valence-electron chi connectivity index (χ2n) is 8.37. The van der Waals surface area contributed by atoms with E-state index in [0.717, 1.165) is 48.4 Å². The van der Waals surface area contributed by atoms with Crippen LogP contribution in [0.2, 0.25) is 10.0 Å². The van der Waals surface area contributed by atoms with Crippen LogP contribution in [0.25, 0.3) is 5.70 Å². The van der Waals surface area contributed by atoms with Crippen molar-refractivity contribution in [2.75, 3.05) is 13.1 Å². The highest BCUT2D eigenvalue weighted by Gasteiger charge is 2.42. The van der Waals surface area contributed by atoms with Gasteiger partial charge < -0.3 is 5.01 Å². The molecule has 1 aromatic heterocycles. The van der Waals surface area contributed by atoms with Gasteiger partial charge in [0.05, 0.1) is 17.6 Å². The van der Waals surface area contributed by atoms with Crippen LogP contribution in [-0.2, 0) is 0 Å². The molecule has 5 rings (SSSR count). The fourth-order valence-electron chi connectivity index (χ4n) is 4.96. The number of hydrogen-bond acceptors (Lipinski definition) is 4. The Morgan fingerprint density at radius 2 is 1.66 bits per heavy atom. The molecule has 7 heteroatoms. The van der Waals surface area contributed by atoms with Crippen LogP contribution in [0.15, 0.2) is 66.1 Å².